The number of fused-ring (bicyclic) bond motifs is 2. The van der Waals surface area contributed by atoms with E-state index in [-0.39, 0.29) is 12.7 Å². The third-order valence-electron chi connectivity index (χ3n) is 3.82. The van der Waals surface area contributed by atoms with Gasteiger partial charge in [-0.3, -0.25) is 4.79 Å². The van der Waals surface area contributed by atoms with Gasteiger partial charge >= 0.3 is 0 Å². The zero-order valence-corrected chi connectivity index (χ0v) is 15.5. The second kappa shape index (κ2) is 6.53. The molecule has 1 N–H and O–H groups in total. The lowest BCUT2D eigenvalue weighted by molar-refractivity contribution is 0.0958. The Morgan fingerprint density at radius 2 is 2.08 bits per heavy atom. The summed E-state index contributed by atoms with van der Waals surface area (Å²) in [5, 5.41) is 3.92. The first kappa shape index (κ1) is 16.2. The van der Waals surface area contributed by atoms with Crippen LogP contribution in [0.4, 0.5) is 5.13 Å². The van der Waals surface area contributed by atoms with Crippen molar-refractivity contribution < 1.29 is 14.3 Å². The summed E-state index contributed by atoms with van der Waals surface area (Å²) in [6.45, 7) is 0.842. The van der Waals surface area contributed by atoms with Crippen LogP contribution in [0.3, 0.4) is 0 Å². The van der Waals surface area contributed by atoms with Crippen molar-refractivity contribution in [2.24, 2.45) is 0 Å². The van der Waals surface area contributed by atoms with E-state index in [9.17, 15) is 4.79 Å². The van der Waals surface area contributed by atoms with Crippen LogP contribution in [0, 0.1) is 0 Å². The Kier molecular flexibility index (Phi) is 4.22. The minimum atomic E-state index is -0.0534. The predicted octanol–water partition coefficient (Wildman–Crippen LogP) is 3.13. The second-order valence-corrected chi connectivity index (χ2v) is 7.90. The number of aromatic nitrogens is 1. The molecular weight excluding hydrogens is 358 g/mol. The van der Waals surface area contributed by atoms with Crippen molar-refractivity contribution in [3.63, 3.8) is 0 Å². The Hall–Kier alpha value is -2.32. The second-order valence-electron chi connectivity index (χ2n) is 5.86. The van der Waals surface area contributed by atoms with Crippen LogP contribution in [-0.4, -0.2) is 38.3 Å². The highest BCUT2D eigenvalue weighted by molar-refractivity contribution is 7.29. The van der Waals surface area contributed by atoms with Crippen LogP contribution in [0.5, 0.6) is 11.5 Å². The van der Waals surface area contributed by atoms with Crippen LogP contribution in [0.1, 0.15) is 15.2 Å². The minimum Gasteiger partial charge on any atom is -0.454 e. The number of hydrogen-bond donors (Lipinski definition) is 1. The van der Waals surface area contributed by atoms with E-state index in [4.69, 9.17) is 9.47 Å². The third kappa shape index (κ3) is 3.27. The Labute approximate surface area is 153 Å². The molecule has 2 aromatic heterocycles. The van der Waals surface area contributed by atoms with Crippen molar-refractivity contribution in [1.29, 1.82) is 0 Å². The maximum absolute atomic E-state index is 12.3. The lowest BCUT2D eigenvalue weighted by Gasteiger charge is -2.05. The first-order chi connectivity index (χ1) is 12.1. The summed E-state index contributed by atoms with van der Waals surface area (Å²) in [5.74, 6) is 1.49. The Balaban J connectivity index is 1.36. The molecule has 0 spiro atoms. The molecule has 6 nitrogen and oxygen atoms in total. The van der Waals surface area contributed by atoms with Gasteiger partial charge < -0.3 is 19.7 Å². The molecule has 0 bridgehead atoms. The van der Waals surface area contributed by atoms with Gasteiger partial charge in [-0.2, -0.15) is 0 Å². The molecule has 25 heavy (non-hydrogen) atoms. The molecule has 3 aromatic rings. The smallest absolute Gasteiger partial charge is 0.261 e. The van der Waals surface area contributed by atoms with Crippen molar-refractivity contribution in [2.75, 3.05) is 32.3 Å². The van der Waals surface area contributed by atoms with E-state index < -0.39 is 0 Å². The van der Waals surface area contributed by atoms with Crippen molar-refractivity contribution in [1.82, 2.24) is 10.3 Å². The molecule has 0 saturated heterocycles. The third-order valence-corrected chi connectivity index (χ3v) is 6.15. The van der Waals surface area contributed by atoms with Crippen molar-refractivity contribution >= 4 is 43.2 Å². The number of anilines is 1. The van der Waals surface area contributed by atoms with Gasteiger partial charge in [0.2, 0.25) is 6.79 Å². The summed E-state index contributed by atoms with van der Waals surface area (Å²) >= 11 is 3.03. The van der Waals surface area contributed by atoms with Gasteiger partial charge in [-0.15, -0.1) is 11.3 Å². The molecule has 4 rings (SSSR count). The minimum absolute atomic E-state index is 0.0534. The summed E-state index contributed by atoms with van der Waals surface area (Å²) < 4.78 is 11.7. The van der Waals surface area contributed by atoms with Gasteiger partial charge in [0.1, 0.15) is 4.83 Å². The number of nitrogens with one attached hydrogen (secondary N) is 1. The molecule has 130 valence electrons. The average molecular weight is 375 g/mol. The van der Waals surface area contributed by atoms with E-state index >= 15 is 0 Å². The van der Waals surface area contributed by atoms with Gasteiger partial charge in [0, 0.05) is 20.6 Å². The molecule has 0 fully saturated rings. The highest BCUT2D eigenvalue weighted by Gasteiger charge is 2.15. The fourth-order valence-corrected chi connectivity index (χ4v) is 4.58. The molecule has 8 heteroatoms. The molecule has 3 heterocycles. The van der Waals surface area contributed by atoms with Gasteiger partial charge in [0.05, 0.1) is 9.58 Å². The SMILES string of the molecule is CN(C)c1nc2sc(C(=O)NCCc3ccc4c(c3)OCO4)cc2s1. The van der Waals surface area contributed by atoms with E-state index in [1.54, 1.807) is 11.3 Å². The van der Waals surface area contributed by atoms with Gasteiger partial charge in [-0.1, -0.05) is 17.4 Å². The number of nitrogens with zero attached hydrogens (tertiary/aromatic N) is 2. The molecule has 0 aliphatic carbocycles. The Morgan fingerprint density at radius 1 is 1.24 bits per heavy atom. The lowest BCUT2D eigenvalue weighted by Crippen LogP contribution is -2.24. The lowest BCUT2D eigenvalue weighted by atomic mass is 10.1. The average Bonchev–Trinajstić information content (AvgIpc) is 3.28. The Morgan fingerprint density at radius 3 is 2.88 bits per heavy atom. The molecule has 0 saturated carbocycles. The molecule has 1 amide bonds. The van der Waals surface area contributed by atoms with E-state index in [0.29, 0.717) is 11.4 Å². The summed E-state index contributed by atoms with van der Waals surface area (Å²) in [5.41, 5.74) is 1.11. The van der Waals surface area contributed by atoms with Gasteiger partial charge in [-0.05, 0) is 30.2 Å². The number of hydrogen-bond acceptors (Lipinski definition) is 7. The fourth-order valence-electron chi connectivity index (χ4n) is 2.53. The maximum Gasteiger partial charge on any atom is 0.261 e. The van der Waals surface area contributed by atoms with Crippen LogP contribution >= 0.6 is 22.7 Å². The van der Waals surface area contributed by atoms with E-state index in [1.165, 1.54) is 11.3 Å². The largest absolute Gasteiger partial charge is 0.454 e. The number of thiazole rings is 1. The molecule has 0 atom stereocenters. The normalized spacial score (nSPS) is 12.6. The van der Waals surface area contributed by atoms with Gasteiger partial charge in [0.25, 0.3) is 5.91 Å². The number of benzene rings is 1. The number of rotatable bonds is 5. The van der Waals surface area contributed by atoms with Crippen molar-refractivity contribution in [3.8, 4) is 11.5 Å². The number of amides is 1. The van der Waals surface area contributed by atoms with Crippen LogP contribution in [0.15, 0.2) is 24.3 Å². The molecule has 1 aliphatic rings. The standard InChI is InChI=1S/C17H17N3O3S2/c1-20(2)17-19-16-14(25-17)8-13(24-16)15(21)18-6-5-10-3-4-11-12(7-10)23-9-22-11/h3-4,7-8H,5-6,9H2,1-2H3,(H,18,21). The van der Waals surface area contributed by atoms with Gasteiger partial charge in [0.15, 0.2) is 16.6 Å². The molecule has 0 radical (unpaired) electrons. The zero-order valence-electron chi connectivity index (χ0n) is 13.9. The van der Waals surface area contributed by atoms with E-state index in [1.807, 2.05) is 43.3 Å². The van der Waals surface area contributed by atoms with Crippen molar-refractivity contribution in [2.45, 2.75) is 6.42 Å². The quantitative estimate of drug-likeness (QED) is 0.742. The van der Waals surface area contributed by atoms with Crippen molar-refractivity contribution in [3.05, 3.63) is 34.7 Å². The first-order valence-electron chi connectivity index (χ1n) is 7.84. The Bertz CT molecular complexity index is 901. The monoisotopic (exact) mass is 375 g/mol. The predicted molar refractivity (Wildman–Crippen MR) is 100 cm³/mol. The van der Waals surface area contributed by atoms with E-state index in [2.05, 4.69) is 10.3 Å². The molecule has 1 aromatic carbocycles. The summed E-state index contributed by atoms with van der Waals surface area (Å²) in [7, 11) is 3.93. The molecule has 0 unspecified atom stereocenters. The topological polar surface area (TPSA) is 63.7 Å². The number of ether oxygens (including phenoxy) is 2. The maximum atomic E-state index is 12.3. The molecular formula is C17H17N3O3S2. The molecule has 1 aliphatic heterocycles. The summed E-state index contributed by atoms with van der Waals surface area (Å²) in [6, 6.07) is 7.78. The van der Waals surface area contributed by atoms with Gasteiger partial charge in [-0.25, -0.2) is 4.98 Å². The first-order valence-corrected chi connectivity index (χ1v) is 9.48. The van der Waals surface area contributed by atoms with E-state index in [0.717, 1.165) is 38.1 Å². The van der Waals surface area contributed by atoms with Crippen LogP contribution in [-0.2, 0) is 6.42 Å². The number of carbonyl (C=O) groups excluding carboxylic acids is 1. The summed E-state index contributed by atoms with van der Waals surface area (Å²) in [6.07, 6.45) is 0.741. The summed E-state index contributed by atoms with van der Waals surface area (Å²) in [4.78, 5) is 20.4. The van der Waals surface area contributed by atoms with Crippen LogP contribution in [0.25, 0.3) is 9.53 Å². The fraction of sp³-hybridized carbons (Fsp3) is 0.294. The van der Waals surface area contributed by atoms with Crippen LogP contribution in [0.2, 0.25) is 0 Å². The van der Waals surface area contributed by atoms with Crippen LogP contribution < -0.4 is 19.7 Å². The highest BCUT2D eigenvalue weighted by Crippen LogP contribution is 2.34. The number of carbonyl (C=O) groups is 1. The highest BCUT2D eigenvalue weighted by atomic mass is 32.1. The zero-order chi connectivity index (χ0) is 17.4. The number of thiophene rings is 1.